The van der Waals surface area contributed by atoms with Crippen molar-refractivity contribution < 1.29 is 9.53 Å². The van der Waals surface area contributed by atoms with Crippen molar-refractivity contribution in [1.82, 2.24) is 5.32 Å². The van der Waals surface area contributed by atoms with Gasteiger partial charge in [0.25, 0.3) is 0 Å². The zero-order valence-electron chi connectivity index (χ0n) is 13.8. The summed E-state index contributed by atoms with van der Waals surface area (Å²) in [6, 6.07) is 10.2. The third-order valence-corrected chi connectivity index (χ3v) is 3.78. The Morgan fingerprint density at radius 2 is 1.81 bits per heavy atom. The minimum Gasteiger partial charge on any atom is -0.469 e. The summed E-state index contributed by atoms with van der Waals surface area (Å²) in [4.78, 5) is 12.0. The molecule has 0 saturated heterocycles. The van der Waals surface area contributed by atoms with Gasteiger partial charge < -0.3 is 10.1 Å². The van der Waals surface area contributed by atoms with Crippen LogP contribution in [0, 0.1) is 5.92 Å². The van der Waals surface area contributed by atoms with E-state index in [2.05, 4.69) is 26.1 Å². The van der Waals surface area contributed by atoms with E-state index < -0.39 is 0 Å². The molecule has 21 heavy (non-hydrogen) atoms. The summed E-state index contributed by atoms with van der Waals surface area (Å²) in [6.45, 7) is 7.31. The lowest BCUT2D eigenvalue weighted by Crippen LogP contribution is -2.33. The molecule has 0 spiro atoms. The van der Waals surface area contributed by atoms with Gasteiger partial charge in [0, 0.05) is 12.6 Å². The van der Waals surface area contributed by atoms with Crippen molar-refractivity contribution in [1.29, 1.82) is 0 Å². The van der Waals surface area contributed by atoms with Crippen LogP contribution in [0.15, 0.2) is 30.3 Å². The molecule has 1 aromatic carbocycles. The minimum atomic E-state index is -0.233. The van der Waals surface area contributed by atoms with Crippen LogP contribution in [-0.2, 0) is 9.53 Å². The largest absolute Gasteiger partial charge is 0.469 e. The number of esters is 1. The molecule has 0 amide bonds. The number of benzene rings is 1. The molecule has 3 nitrogen and oxygen atoms in total. The highest BCUT2D eigenvalue weighted by atomic mass is 16.5. The molecule has 0 bridgehead atoms. The first-order chi connectivity index (χ1) is 10.0. The molecule has 0 aromatic heterocycles. The summed E-state index contributed by atoms with van der Waals surface area (Å²) < 4.78 is 4.93. The van der Waals surface area contributed by atoms with E-state index in [-0.39, 0.29) is 11.9 Å². The van der Waals surface area contributed by atoms with Crippen LogP contribution in [-0.4, -0.2) is 25.7 Å². The van der Waals surface area contributed by atoms with E-state index in [1.165, 1.54) is 20.0 Å². The highest BCUT2D eigenvalue weighted by Crippen LogP contribution is 2.17. The number of carbonyl (C=O) groups is 1. The lowest BCUT2D eigenvalue weighted by molar-refractivity contribution is -0.142. The maximum absolute atomic E-state index is 12.0. The van der Waals surface area contributed by atoms with Crippen LogP contribution in [0.4, 0.5) is 0 Å². The van der Waals surface area contributed by atoms with Gasteiger partial charge in [-0.3, -0.25) is 4.79 Å². The third kappa shape index (κ3) is 6.76. The van der Waals surface area contributed by atoms with Gasteiger partial charge in [0.1, 0.15) is 0 Å². The summed E-state index contributed by atoms with van der Waals surface area (Å²) in [7, 11) is 1.45. The first-order valence-corrected chi connectivity index (χ1v) is 7.90. The Hall–Kier alpha value is -1.35. The molecule has 0 heterocycles. The molecule has 0 saturated carbocycles. The van der Waals surface area contributed by atoms with E-state index in [4.69, 9.17) is 4.74 Å². The van der Waals surface area contributed by atoms with E-state index in [0.717, 1.165) is 17.9 Å². The summed E-state index contributed by atoms with van der Waals surface area (Å²) in [5.74, 6) is 0.344. The Kier molecular flexibility index (Phi) is 8.06. The van der Waals surface area contributed by atoms with Gasteiger partial charge in [0.05, 0.1) is 13.0 Å². The van der Waals surface area contributed by atoms with Crippen molar-refractivity contribution >= 4 is 5.97 Å². The molecule has 0 radical (unpaired) electrons. The minimum absolute atomic E-state index is 0.178. The quantitative estimate of drug-likeness (QED) is 0.704. The molecule has 118 valence electrons. The average Bonchev–Trinajstić information content (AvgIpc) is 2.47. The Bertz CT molecular complexity index is 403. The fourth-order valence-electron chi connectivity index (χ4n) is 2.42. The lowest BCUT2D eigenvalue weighted by atomic mass is 9.98. The Morgan fingerprint density at radius 3 is 2.38 bits per heavy atom. The maximum atomic E-state index is 12.0. The van der Waals surface area contributed by atoms with Crippen LogP contribution < -0.4 is 5.32 Å². The van der Waals surface area contributed by atoms with E-state index in [1.807, 2.05) is 30.3 Å². The SMILES string of the molecule is COC(=O)C(CNC(C)CCCC(C)C)c1ccccc1. The lowest BCUT2D eigenvalue weighted by Gasteiger charge is -2.20. The molecule has 3 heteroatoms. The molecule has 1 aromatic rings. The van der Waals surface area contributed by atoms with E-state index in [1.54, 1.807) is 0 Å². The predicted octanol–water partition coefficient (Wildman–Crippen LogP) is 3.75. The smallest absolute Gasteiger partial charge is 0.314 e. The molecule has 0 aliphatic carbocycles. The first kappa shape index (κ1) is 17.7. The summed E-state index contributed by atoms with van der Waals surface area (Å²) in [5, 5.41) is 3.47. The molecule has 2 unspecified atom stereocenters. The Balaban J connectivity index is 2.49. The van der Waals surface area contributed by atoms with Gasteiger partial charge in [0.15, 0.2) is 0 Å². The number of carbonyl (C=O) groups excluding carboxylic acids is 1. The van der Waals surface area contributed by atoms with Crippen LogP contribution >= 0.6 is 0 Å². The average molecular weight is 291 g/mol. The topological polar surface area (TPSA) is 38.3 Å². The molecule has 0 aliphatic rings. The normalized spacial score (nSPS) is 14.0. The van der Waals surface area contributed by atoms with Crippen molar-refractivity contribution in [2.75, 3.05) is 13.7 Å². The second-order valence-corrected chi connectivity index (χ2v) is 6.12. The fourth-order valence-corrected chi connectivity index (χ4v) is 2.42. The van der Waals surface area contributed by atoms with Crippen molar-refractivity contribution in [3.63, 3.8) is 0 Å². The van der Waals surface area contributed by atoms with Crippen LogP contribution in [0.1, 0.15) is 51.5 Å². The van der Waals surface area contributed by atoms with Crippen molar-refractivity contribution in [3.8, 4) is 0 Å². The Labute approximate surface area is 129 Å². The van der Waals surface area contributed by atoms with Crippen LogP contribution in [0.3, 0.4) is 0 Å². The van der Waals surface area contributed by atoms with Crippen molar-refractivity contribution in [2.45, 2.75) is 52.0 Å². The van der Waals surface area contributed by atoms with Gasteiger partial charge in [-0.25, -0.2) is 0 Å². The highest BCUT2D eigenvalue weighted by Gasteiger charge is 2.21. The molecular weight excluding hydrogens is 262 g/mol. The number of hydrogen-bond acceptors (Lipinski definition) is 3. The second-order valence-electron chi connectivity index (χ2n) is 6.12. The Morgan fingerprint density at radius 1 is 1.14 bits per heavy atom. The van der Waals surface area contributed by atoms with Crippen LogP contribution in [0.25, 0.3) is 0 Å². The molecular formula is C18H29NO2. The monoisotopic (exact) mass is 291 g/mol. The summed E-state index contributed by atoms with van der Waals surface area (Å²) in [5.41, 5.74) is 1.01. The standard InChI is InChI=1S/C18H29NO2/c1-14(2)9-8-10-15(3)19-13-17(18(20)21-4)16-11-6-5-7-12-16/h5-7,11-12,14-15,17,19H,8-10,13H2,1-4H3. The molecule has 2 atom stereocenters. The van der Waals surface area contributed by atoms with Gasteiger partial charge in [-0.2, -0.15) is 0 Å². The molecule has 1 N–H and O–H groups in total. The van der Waals surface area contributed by atoms with Gasteiger partial charge in [-0.1, -0.05) is 57.0 Å². The first-order valence-electron chi connectivity index (χ1n) is 7.90. The third-order valence-electron chi connectivity index (χ3n) is 3.78. The molecule has 0 fully saturated rings. The van der Waals surface area contributed by atoms with Gasteiger partial charge in [0.2, 0.25) is 0 Å². The van der Waals surface area contributed by atoms with Crippen molar-refractivity contribution in [2.24, 2.45) is 5.92 Å². The number of methoxy groups -OCH3 is 1. The fraction of sp³-hybridized carbons (Fsp3) is 0.611. The molecule has 1 rings (SSSR count). The van der Waals surface area contributed by atoms with Crippen LogP contribution in [0.5, 0.6) is 0 Å². The maximum Gasteiger partial charge on any atom is 0.314 e. The van der Waals surface area contributed by atoms with Crippen molar-refractivity contribution in [3.05, 3.63) is 35.9 Å². The van der Waals surface area contributed by atoms with Gasteiger partial charge >= 0.3 is 5.97 Å². The van der Waals surface area contributed by atoms with E-state index >= 15 is 0 Å². The number of nitrogens with one attached hydrogen (secondary N) is 1. The number of ether oxygens (including phenoxy) is 1. The number of hydrogen-bond donors (Lipinski definition) is 1. The predicted molar refractivity (Wildman–Crippen MR) is 87.4 cm³/mol. The summed E-state index contributed by atoms with van der Waals surface area (Å²) in [6.07, 6.45) is 3.62. The van der Waals surface area contributed by atoms with E-state index in [9.17, 15) is 4.79 Å². The van der Waals surface area contributed by atoms with E-state index in [0.29, 0.717) is 12.6 Å². The highest BCUT2D eigenvalue weighted by molar-refractivity contribution is 5.78. The van der Waals surface area contributed by atoms with Crippen LogP contribution in [0.2, 0.25) is 0 Å². The zero-order valence-corrected chi connectivity index (χ0v) is 13.8. The zero-order chi connectivity index (χ0) is 15.7. The summed E-state index contributed by atoms with van der Waals surface area (Å²) >= 11 is 0. The second kappa shape index (κ2) is 9.56. The van der Waals surface area contributed by atoms with Gasteiger partial charge in [-0.05, 0) is 24.8 Å². The number of rotatable bonds is 9. The molecule has 0 aliphatic heterocycles. The van der Waals surface area contributed by atoms with Gasteiger partial charge in [-0.15, -0.1) is 0 Å².